The van der Waals surface area contributed by atoms with Crippen molar-refractivity contribution in [1.82, 2.24) is 4.98 Å². The van der Waals surface area contributed by atoms with Crippen LogP contribution in [0.3, 0.4) is 0 Å². The van der Waals surface area contributed by atoms with Crippen LogP contribution in [0, 0.1) is 5.41 Å². The Balaban J connectivity index is 3.57. The summed E-state index contributed by atoms with van der Waals surface area (Å²) >= 11 is 3.19. The van der Waals surface area contributed by atoms with Gasteiger partial charge in [-0.05, 0) is 56.1 Å². The van der Waals surface area contributed by atoms with Gasteiger partial charge in [0.2, 0.25) is 0 Å². The third-order valence-corrected chi connectivity index (χ3v) is 4.43. The van der Waals surface area contributed by atoms with Crippen molar-refractivity contribution in [1.29, 1.82) is 0 Å². The highest BCUT2D eigenvalue weighted by molar-refractivity contribution is 9.10. The second-order valence-electron chi connectivity index (χ2n) is 7.64. The summed E-state index contributed by atoms with van der Waals surface area (Å²) in [4.78, 5) is 67.1. The van der Waals surface area contributed by atoms with Crippen LogP contribution in [0.2, 0.25) is 0 Å². The molecule has 9 nitrogen and oxygen atoms in total. The zero-order chi connectivity index (χ0) is 23.8. The SMILES string of the molecule is CCOC(=O)CCC(C(=O)COC(C)=O)(C(=O)OC(C)(C)C)C(=O)c1cncc(Br)c1. The van der Waals surface area contributed by atoms with Gasteiger partial charge in [-0.1, -0.05) is 0 Å². The second-order valence-corrected chi connectivity index (χ2v) is 8.55. The van der Waals surface area contributed by atoms with Gasteiger partial charge in [-0.2, -0.15) is 0 Å². The number of ether oxygens (including phenoxy) is 3. The first-order valence-electron chi connectivity index (χ1n) is 9.54. The number of pyridine rings is 1. The maximum absolute atomic E-state index is 13.5. The molecule has 0 N–H and O–H groups in total. The van der Waals surface area contributed by atoms with Gasteiger partial charge < -0.3 is 14.2 Å². The lowest BCUT2D eigenvalue weighted by Crippen LogP contribution is -2.51. The number of ketones is 2. The predicted molar refractivity (Wildman–Crippen MR) is 112 cm³/mol. The van der Waals surface area contributed by atoms with Crippen molar-refractivity contribution in [3.05, 3.63) is 28.5 Å². The molecule has 0 saturated carbocycles. The van der Waals surface area contributed by atoms with E-state index in [-0.39, 0.29) is 12.2 Å². The lowest BCUT2D eigenvalue weighted by atomic mass is 9.73. The van der Waals surface area contributed by atoms with Gasteiger partial charge in [0.05, 0.1) is 6.61 Å². The van der Waals surface area contributed by atoms with Crippen molar-refractivity contribution in [3.8, 4) is 0 Å². The summed E-state index contributed by atoms with van der Waals surface area (Å²) in [5.74, 6) is -4.54. The number of carbonyl (C=O) groups is 5. The molecule has 1 aromatic heterocycles. The summed E-state index contributed by atoms with van der Waals surface area (Å²) < 4.78 is 15.5. The summed E-state index contributed by atoms with van der Waals surface area (Å²) in [7, 11) is 0. The molecule has 0 fully saturated rings. The van der Waals surface area contributed by atoms with E-state index in [1.807, 2.05) is 0 Å². The van der Waals surface area contributed by atoms with Gasteiger partial charge in [0.15, 0.2) is 23.6 Å². The van der Waals surface area contributed by atoms with E-state index in [2.05, 4.69) is 20.9 Å². The Morgan fingerprint density at radius 3 is 2.23 bits per heavy atom. The normalized spacial score (nSPS) is 13.0. The minimum atomic E-state index is -2.43. The molecule has 0 spiro atoms. The number of carbonyl (C=O) groups excluding carboxylic acids is 5. The molecule has 0 saturated heterocycles. The minimum absolute atomic E-state index is 0.0553. The Kier molecular flexibility index (Phi) is 9.48. The number of hydrogen-bond acceptors (Lipinski definition) is 9. The van der Waals surface area contributed by atoms with E-state index in [9.17, 15) is 24.0 Å². The fourth-order valence-electron chi connectivity index (χ4n) is 2.65. The molecule has 0 aliphatic rings. The van der Waals surface area contributed by atoms with Gasteiger partial charge in [0, 0.05) is 35.8 Å². The van der Waals surface area contributed by atoms with E-state index in [1.165, 1.54) is 18.5 Å². The molecule has 0 aliphatic heterocycles. The van der Waals surface area contributed by atoms with Gasteiger partial charge in [0.1, 0.15) is 5.60 Å². The minimum Gasteiger partial charge on any atom is -0.466 e. The molecule has 0 bridgehead atoms. The van der Waals surface area contributed by atoms with Crippen molar-refractivity contribution < 1.29 is 38.2 Å². The van der Waals surface area contributed by atoms with E-state index < -0.39 is 59.9 Å². The van der Waals surface area contributed by atoms with Gasteiger partial charge in [0.25, 0.3) is 0 Å². The van der Waals surface area contributed by atoms with Crippen LogP contribution in [0.15, 0.2) is 22.9 Å². The largest absolute Gasteiger partial charge is 0.466 e. The van der Waals surface area contributed by atoms with Crippen LogP contribution < -0.4 is 0 Å². The zero-order valence-electron chi connectivity index (χ0n) is 18.2. The fourth-order valence-corrected chi connectivity index (χ4v) is 3.01. The molecule has 1 unspecified atom stereocenters. The summed E-state index contributed by atoms with van der Waals surface area (Å²) in [6, 6.07) is 1.39. The molecule has 0 aliphatic carbocycles. The Bertz CT molecular complexity index is 861. The summed E-state index contributed by atoms with van der Waals surface area (Å²) in [5, 5.41) is 0. The van der Waals surface area contributed by atoms with Crippen LogP contribution in [0.1, 0.15) is 57.8 Å². The van der Waals surface area contributed by atoms with Crippen molar-refractivity contribution >= 4 is 45.4 Å². The number of esters is 3. The van der Waals surface area contributed by atoms with E-state index in [0.29, 0.717) is 4.47 Å². The summed E-state index contributed by atoms with van der Waals surface area (Å²) in [6.45, 7) is 6.64. The second kappa shape index (κ2) is 11.1. The quantitative estimate of drug-likeness (QED) is 0.206. The molecule has 1 heterocycles. The van der Waals surface area contributed by atoms with Crippen LogP contribution >= 0.6 is 15.9 Å². The number of halogens is 1. The summed E-state index contributed by atoms with van der Waals surface area (Å²) in [6.07, 6.45) is 1.68. The van der Waals surface area contributed by atoms with E-state index in [1.54, 1.807) is 27.7 Å². The van der Waals surface area contributed by atoms with Gasteiger partial charge >= 0.3 is 17.9 Å². The van der Waals surface area contributed by atoms with Gasteiger partial charge in [-0.3, -0.25) is 29.0 Å². The molecule has 1 atom stereocenters. The first-order valence-corrected chi connectivity index (χ1v) is 10.3. The Labute approximate surface area is 189 Å². The monoisotopic (exact) mass is 499 g/mol. The topological polar surface area (TPSA) is 126 Å². The number of aromatic nitrogens is 1. The molecule has 31 heavy (non-hydrogen) atoms. The molecule has 170 valence electrons. The van der Waals surface area contributed by atoms with Crippen molar-refractivity contribution in [3.63, 3.8) is 0 Å². The number of hydrogen-bond donors (Lipinski definition) is 0. The highest BCUT2D eigenvalue weighted by Gasteiger charge is 2.55. The van der Waals surface area contributed by atoms with Crippen LogP contribution in [-0.2, 0) is 33.4 Å². The molecule has 0 aromatic carbocycles. The summed E-state index contributed by atoms with van der Waals surface area (Å²) in [5.41, 5.74) is -3.53. The molecule has 0 radical (unpaired) electrons. The molecule has 1 rings (SSSR count). The lowest BCUT2D eigenvalue weighted by Gasteiger charge is -2.32. The van der Waals surface area contributed by atoms with Gasteiger partial charge in [-0.15, -0.1) is 0 Å². The van der Waals surface area contributed by atoms with E-state index >= 15 is 0 Å². The number of nitrogens with zero attached hydrogens (tertiary/aromatic N) is 1. The fraction of sp³-hybridized carbons (Fsp3) is 0.524. The van der Waals surface area contributed by atoms with Crippen LogP contribution in [-0.4, -0.2) is 53.3 Å². The molecule has 10 heteroatoms. The third kappa shape index (κ3) is 7.54. The van der Waals surface area contributed by atoms with E-state index in [0.717, 1.165) is 6.92 Å². The lowest BCUT2D eigenvalue weighted by molar-refractivity contribution is -0.170. The number of Topliss-reactive ketones (excluding diaryl/α,β-unsaturated/α-hetero) is 2. The number of rotatable bonds is 10. The van der Waals surface area contributed by atoms with Crippen molar-refractivity contribution in [2.45, 2.75) is 53.1 Å². The molecular weight excluding hydrogens is 474 g/mol. The molecule has 0 amide bonds. The standard InChI is InChI=1S/C21H26BrNO8/c1-6-29-17(26)7-8-21(16(25)12-30-13(2)24,19(28)31-20(3,4)5)18(27)14-9-15(22)11-23-10-14/h9-11H,6-8,12H2,1-5H3. The first kappa shape index (κ1) is 26.4. The smallest absolute Gasteiger partial charge is 0.328 e. The maximum Gasteiger partial charge on any atom is 0.328 e. The van der Waals surface area contributed by atoms with Crippen molar-refractivity contribution in [2.24, 2.45) is 5.41 Å². The highest BCUT2D eigenvalue weighted by Crippen LogP contribution is 2.34. The Hall–Kier alpha value is -2.62. The van der Waals surface area contributed by atoms with Gasteiger partial charge in [-0.25, -0.2) is 0 Å². The predicted octanol–water partition coefficient (Wildman–Crippen LogP) is 2.83. The third-order valence-electron chi connectivity index (χ3n) is 3.99. The molecular formula is C21H26BrNO8. The zero-order valence-corrected chi connectivity index (χ0v) is 19.7. The average Bonchev–Trinajstić information content (AvgIpc) is 2.65. The highest BCUT2D eigenvalue weighted by atomic mass is 79.9. The Morgan fingerprint density at radius 2 is 1.71 bits per heavy atom. The average molecular weight is 500 g/mol. The Morgan fingerprint density at radius 1 is 1.06 bits per heavy atom. The van der Waals surface area contributed by atoms with Crippen molar-refractivity contribution in [2.75, 3.05) is 13.2 Å². The van der Waals surface area contributed by atoms with Crippen LogP contribution in [0.5, 0.6) is 0 Å². The maximum atomic E-state index is 13.5. The van der Waals surface area contributed by atoms with Crippen LogP contribution in [0.4, 0.5) is 0 Å². The van der Waals surface area contributed by atoms with Crippen LogP contribution in [0.25, 0.3) is 0 Å². The molecule has 1 aromatic rings. The van der Waals surface area contributed by atoms with E-state index in [4.69, 9.17) is 14.2 Å². The first-order chi connectivity index (χ1) is 14.3.